The third-order valence-electron chi connectivity index (χ3n) is 2.46. The Balaban J connectivity index is 2.25. The van der Waals surface area contributed by atoms with Crippen LogP contribution in [0.3, 0.4) is 0 Å². The molecule has 18 heavy (non-hydrogen) atoms. The molecule has 6 heteroatoms. The fourth-order valence-electron chi connectivity index (χ4n) is 1.61. The highest BCUT2D eigenvalue weighted by Gasteiger charge is 2.31. The molecule has 0 atom stereocenters. The summed E-state index contributed by atoms with van der Waals surface area (Å²) < 4.78 is 58.3. The van der Waals surface area contributed by atoms with Crippen LogP contribution in [0.2, 0.25) is 0 Å². The molecule has 2 aromatic carbocycles. The zero-order valence-electron chi connectivity index (χ0n) is 8.64. The van der Waals surface area contributed by atoms with Gasteiger partial charge in [-0.3, -0.25) is 0 Å². The summed E-state index contributed by atoms with van der Waals surface area (Å²) in [7, 11) is 0. The standard InChI is InChI=1S/C12H4F4OS/c13-7-8(14)10(16)12-11(9(7)15)17-5-3-1-2-4-6(5)18-12/h1-4H. The van der Waals surface area contributed by atoms with E-state index in [1.807, 2.05) is 0 Å². The predicted octanol–water partition coefficient (Wildman–Crippen LogP) is 4.50. The summed E-state index contributed by atoms with van der Waals surface area (Å²) in [5.41, 5.74) is 0. The summed E-state index contributed by atoms with van der Waals surface area (Å²) in [6.45, 7) is 0. The summed E-state index contributed by atoms with van der Waals surface area (Å²) in [4.78, 5) is 0.124. The molecular formula is C12H4F4OS. The van der Waals surface area contributed by atoms with Crippen molar-refractivity contribution in [2.24, 2.45) is 0 Å². The molecule has 1 aliphatic heterocycles. The molecule has 0 radical (unpaired) electrons. The molecule has 0 N–H and O–H groups in total. The second kappa shape index (κ2) is 3.91. The smallest absolute Gasteiger partial charge is 0.205 e. The van der Waals surface area contributed by atoms with E-state index >= 15 is 0 Å². The number of para-hydroxylation sites is 1. The van der Waals surface area contributed by atoms with Crippen LogP contribution in [0.15, 0.2) is 34.1 Å². The average molecular weight is 272 g/mol. The molecule has 0 amide bonds. The fraction of sp³-hybridized carbons (Fsp3) is 0. The highest BCUT2D eigenvalue weighted by Crippen LogP contribution is 2.49. The minimum atomic E-state index is -1.87. The number of rotatable bonds is 0. The van der Waals surface area contributed by atoms with E-state index in [0.717, 1.165) is 11.8 Å². The molecular weight excluding hydrogens is 268 g/mol. The summed E-state index contributed by atoms with van der Waals surface area (Å²) in [6.07, 6.45) is 0. The van der Waals surface area contributed by atoms with Gasteiger partial charge in [0.1, 0.15) is 5.75 Å². The monoisotopic (exact) mass is 272 g/mol. The minimum Gasteiger partial charge on any atom is -0.452 e. The van der Waals surface area contributed by atoms with Crippen LogP contribution in [0.5, 0.6) is 11.5 Å². The first-order valence-corrected chi connectivity index (χ1v) is 5.72. The van der Waals surface area contributed by atoms with Gasteiger partial charge in [-0.15, -0.1) is 0 Å². The quantitative estimate of drug-likeness (QED) is 0.338. The normalized spacial score (nSPS) is 12.7. The number of fused-ring (bicyclic) bond motifs is 2. The van der Waals surface area contributed by atoms with Gasteiger partial charge in [0.15, 0.2) is 17.4 Å². The number of hydrogen-bond acceptors (Lipinski definition) is 2. The Morgan fingerprint density at radius 2 is 1.50 bits per heavy atom. The Morgan fingerprint density at radius 3 is 2.28 bits per heavy atom. The molecule has 3 rings (SSSR count). The lowest BCUT2D eigenvalue weighted by Crippen LogP contribution is -2.05. The van der Waals surface area contributed by atoms with Crippen LogP contribution in [0.1, 0.15) is 0 Å². The van der Waals surface area contributed by atoms with Crippen LogP contribution in [0.25, 0.3) is 0 Å². The molecule has 1 aliphatic rings. The zero-order chi connectivity index (χ0) is 12.9. The van der Waals surface area contributed by atoms with Crippen molar-refractivity contribution in [3.8, 4) is 11.5 Å². The number of ether oxygens (including phenoxy) is 1. The Kier molecular flexibility index (Phi) is 2.48. The number of halogens is 4. The van der Waals surface area contributed by atoms with Crippen molar-refractivity contribution in [2.75, 3.05) is 0 Å². The zero-order valence-corrected chi connectivity index (χ0v) is 9.45. The first kappa shape index (κ1) is 11.4. The second-order valence-corrected chi connectivity index (χ2v) is 4.62. The van der Waals surface area contributed by atoms with Crippen molar-refractivity contribution < 1.29 is 22.3 Å². The van der Waals surface area contributed by atoms with Crippen molar-refractivity contribution in [3.63, 3.8) is 0 Å². The van der Waals surface area contributed by atoms with Gasteiger partial charge in [-0.1, -0.05) is 23.9 Å². The largest absolute Gasteiger partial charge is 0.452 e. The topological polar surface area (TPSA) is 9.23 Å². The van der Waals surface area contributed by atoms with Gasteiger partial charge in [-0.05, 0) is 12.1 Å². The Bertz CT molecular complexity index is 601. The summed E-state index contributed by atoms with van der Waals surface area (Å²) >= 11 is 0.799. The van der Waals surface area contributed by atoms with Crippen LogP contribution < -0.4 is 4.74 Å². The number of benzene rings is 2. The van der Waals surface area contributed by atoms with Gasteiger partial charge >= 0.3 is 0 Å². The average Bonchev–Trinajstić information content (AvgIpc) is 2.41. The lowest BCUT2D eigenvalue weighted by molar-refractivity contribution is 0.349. The Morgan fingerprint density at radius 1 is 0.833 bits per heavy atom. The van der Waals surface area contributed by atoms with Gasteiger partial charge in [0.2, 0.25) is 11.6 Å². The van der Waals surface area contributed by atoms with E-state index in [1.165, 1.54) is 6.07 Å². The van der Waals surface area contributed by atoms with Gasteiger partial charge in [-0.2, -0.15) is 4.39 Å². The maximum absolute atomic E-state index is 13.5. The van der Waals surface area contributed by atoms with Crippen LogP contribution in [0, 0.1) is 23.3 Å². The van der Waals surface area contributed by atoms with E-state index in [-0.39, 0.29) is 10.6 Å². The van der Waals surface area contributed by atoms with Crippen LogP contribution in [-0.2, 0) is 0 Å². The molecule has 0 fully saturated rings. The lowest BCUT2D eigenvalue weighted by Gasteiger charge is -2.20. The summed E-state index contributed by atoms with van der Waals surface area (Å²) in [5, 5.41) is 0. The third kappa shape index (κ3) is 1.49. The number of hydrogen-bond donors (Lipinski definition) is 0. The molecule has 0 aliphatic carbocycles. The molecule has 2 aromatic rings. The van der Waals surface area contributed by atoms with E-state index < -0.39 is 29.0 Å². The molecule has 0 saturated heterocycles. The Labute approximate surface area is 103 Å². The van der Waals surface area contributed by atoms with Crippen LogP contribution in [-0.4, -0.2) is 0 Å². The first-order valence-electron chi connectivity index (χ1n) is 4.90. The highest BCUT2D eigenvalue weighted by atomic mass is 32.2. The third-order valence-corrected chi connectivity index (χ3v) is 3.58. The molecule has 92 valence electrons. The summed E-state index contributed by atoms with van der Waals surface area (Å²) in [5.74, 6) is -7.00. The summed E-state index contributed by atoms with van der Waals surface area (Å²) in [6, 6.07) is 6.46. The maximum atomic E-state index is 13.5. The molecule has 0 spiro atoms. The van der Waals surface area contributed by atoms with E-state index in [0.29, 0.717) is 4.90 Å². The van der Waals surface area contributed by atoms with Crippen molar-refractivity contribution in [1.82, 2.24) is 0 Å². The lowest BCUT2D eigenvalue weighted by atomic mass is 10.2. The highest BCUT2D eigenvalue weighted by molar-refractivity contribution is 7.99. The molecule has 0 unspecified atom stereocenters. The van der Waals surface area contributed by atoms with Gasteiger partial charge in [0.05, 0.1) is 9.79 Å². The van der Waals surface area contributed by atoms with Gasteiger partial charge in [0.25, 0.3) is 0 Å². The van der Waals surface area contributed by atoms with E-state index in [4.69, 9.17) is 4.74 Å². The van der Waals surface area contributed by atoms with Crippen molar-refractivity contribution in [1.29, 1.82) is 0 Å². The van der Waals surface area contributed by atoms with Gasteiger partial charge < -0.3 is 4.74 Å². The van der Waals surface area contributed by atoms with Crippen LogP contribution >= 0.6 is 11.8 Å². The Hall–Kier alpha value is -1.69. The van der Waals surface area contributed by atoms with Gasteiger partial charge in [-0.25, -0.2) is 13.2 Å². The van der Waals surface area contributed by atoms with Crippen molar-refractivity contribution in [3.05, 3.63) is 47.5 Å². The van der Waals surface area contributed by atoms with E-state index in [2.05, 4.69) is 0 Å². The molecule has 1 heterocycles. The van der Waals surface area contributed by atoms with Crippen molar-refractivity contribution >= 4 is 11.8 Å². The van der Waals surface area contributed by atoms with E-state index in [9.17, 15) is 17.6 Å². The van der Waals surface area contributed by atoms with E-state index in [1.54, 1.807) is 18.2 Å². The molecule has 1 nitrogen and oxygen atoms in total. The first-order chi connectivity index (χ1) is 8.59. The van der Waals surface area contributed by atoms with Gasteiger partial charge in [0, 0.05) is 0 Å². The minimum absolute atomic E-state index is 0.277. The maximum Gasteiger partial charge on any atom is 0.205 e. The molecule has 0 aromatic heterocycles. The fourth-order valence-corrected chi connectivity index (χ4v) is 2.59. The van der Waals surface area contributed by atoms with Crippen molar-refractivity contribution in [2.45, 2.75) is 9.79 Å². The van der Waals surface area contributed by atoms with Crippen LogP contribution in [0.4, 0.5) is 17.6 Å². The molecule has 0 saturated carbocycles. The molecule has 0 bridgehead atoms. The SMILES string of the molecule is Fc1c(F)c(F)c2c(c1F)Oc1ccccc1S2. The second-order valence-electron chi connectivity index (χ2n) is 3.57. The predicted molar refractivity (Wildman–Crippen MR) is 56.9 cm³/mol.